The standard InChI is InChI=1S/C25H34O/c1-3-26-25-18-16-24(17-19-25)23-14-12-22(13-15-23)7-5-4-6-21-10-8-20(2)9-11-21/h4,6,12-15,20-21,24-25H,3,8-11,16-19H2,1-2H3/t20-,21-,24-,25-. The second-order valence-corrected chi connectivity index (χ2v) is 8.20. The second-order valence-electron chi connectivity index (χ2n) is 8.20. The van der Waals surface area contributed by atoms with Gasteiger partial charge < -0.3 is 4.74 Å². The zero-order valence-corrected chi connectivity index (χ0v) is 16.5. The highest BCUT2D eigenvalue weighted by atomic mass is 16.5. The van der Waals surface area contributed by atoms with Crippen molar-refractivity contribution in [1.29, 1.82) is 0 Å². The minimum absolute atomic E-state index is 0.487. The van der Waals surface area contributed by atoms with E-state index in [-0.39, 0.29) is 0 Å². The lowest BCUT2D eigenvalue weighted by molar-refractivity contribution is 0.0328. The van der Waals surface area contributed by atoms with Gasteiger partial charge in [-0.1, -0.05) is 49.8 Å². The van der Waals surface area contributed by atoms with Crippen molar-refractivity contribution in [2.75, 3.05) is 6.61 Å². The Kier molecular flexibility index (Phi) is 7.39. The van der Waals surface area contributed by atoms with Crippen LogP contribution in [0.2, 0.25) is 0 Å². The van der Waals surface area contributed by atoms with Gasteiger partial charge in [0.1, 0.15) is 0 Å². The SMILES string of the molecule is CCO[C@H]1CC[C@H](c2ccc(C#CC=C[C@H]3CC[C@H](C)CC3)cc2)CC1. The fourth-order valence-electron chi connectivity index (χ4n) is 4.42. The van der Waals surface area contributed by atoms with Crippen LogP contribution in [0.5, 0.6) is 0 Å². The Morgan fingerprint density at radius 2 is 1.65 bits per heavy atom. The first-order valence-electron chi connectivity index (χ1n) is 10.6. The predicted molar refractivity (Wildman–Crippen MR) is 110 cm³/mol. The fourth-order valence-corrected chi connectivity index (χ4v) is 4.42. The highest BCUT2D eigenvalue weighted by molar-refractivity contribution is 5.39. The van der Waals surface area contributed by atoms with Crippen LogP contribution in [0.1, 0.15) is 82.3 Å². The van der Waals surface area contributed by atoms with Gasteiger partial charge in [-0.3, -0.25) is 0 Å². The molecule has 0 unspecified atom stereocenters. The maximum Gasteiger partial charge on any atom is 0.0575 e. The number of hydrogen-bond donors (Lipinski definition) is 0. The summed E-state index contributed by atoms with van der Waals surface area (Å²) in [5.74, 6) is 8.88. The first kappa shape index (κ1) is 19.2. The highest BCUT2D eigenvalue weighted by Gasteiger charge is 2.22. The van der Waals surface area contributed by atoms with Crippen molar-refractivity contribution >= 4 is 0 Å². The van der Waals surface area contributed by atoms with Gasteiger partial charge in [0.15, 0.2) is 0 Å². The second kappa shape index (κ2) is 9.98. The smallest absolute Gasteiger partial charge is 0.0575 e. The molecule has 0 amide bonds. The lowest BCUT2D eigenvalue weighted by atomic mass is 9.82. The fraction of sp³-hybridized carbons (Fsp3) is 0.600. The molecule has 2 aliphatic rings. The first-order valence-corrected chi connectivity index (χ1v) is 10.6. The van der Waals surface area contributed by atoms with Gasteiger partial charge in [0.05, 0.1) is 6.10 Å². The third kappa shape index (κ3) is 5.75. The molecule has 3 rings (SSSR count). The molecule has 0 radical (unpaired) electrons. The lowest BCUT2D eigenvalue weighted by Gasteiger charge is -2.28. The van der Waals surface area contributed by atoms with Crippen molar-refractivity contribution in [2.45, 2.75) is 77.2 Å². The van der Waals surface area contributed by atoms with Gasteiger partial charge in [-0.15, -0.1) is 0 Å². The molecular weight excluding hydrogens is 316 g/mol. The summed E-state index contributed by atoms with van der Waals surface area (Å²) in [5.41, 5.74) is 2.59. The van der Waals surface area contributed by atoms with Gasteiger partial charge in [-0.25, -0.2) is 0 Å². The van der Waals surface area contributed by atoms with E-state index in [0.717, 1.165) is 24.0 Å². The molecule has 0 spiro atoms. The molecule has 0 N–H and O–H groups in total. The van der Waals surface area contributed by atoms with E-state index in [4.69, 9.17) is 4.74 Å². The van der Waals surface area contributed by atoms with Crippen LogP contribution >= 0.6 is 0 Å². The van der Waals surface area contributed by atoms with E-state index in [2.05, 4.69) is 62.1 Å². The Balaban J connectivity index is 1.48. The first-order chi connectivity index (χ1) is 12.7. The van der Waals surface area contributed by atoms with Crippen LogP contribution in [0.25, 0.3) is 0 Å². The normalized spacial score (nSPS) is 29.3. The molecule has 2 saturated carbocycles. The Hall–Kier alpha value is -1.52. The Labute approximate surface area is 160 Å². The summed E-state index contributed by atoms with van der Waals surface area (Å²) in [6, 6.07) is 8.93. The molecule has 140 valence electrons. The Morgan fingerprint density at radius 3 is 2.31 bits per heavy atom. The number of ether oxygens (including phenoxy) is 1. The molecule has 0 saturated heterocycles. The Bertz CT molecular complexity index is 614. The van der Waals surface area contributed by atoms with E-state index in [1.807, 2.05) is 0 Å². The van der Waals surface area contributed by atoms with Crippen molar-refractivity contribution in [3.63, 3.8) is 0 Å². The van der Waals surface area contributed by atoms with Crippen LogP contribution in [0, 0.1) is 23.7 Å². The summed E-state index contributed by atoms with van der Waals surface area (Å²) in [6.07, 6.45) is 15.2. The van der Waals surface area contributed by atoms with Crippen molar-refractivity contribution in [3.8, 4) is 11.8 Å². The van der Waals surface area contributed by atoms with E-state index in [9.17, 15) is 0 Å². The number of rotatable bonds is 4. The molecule has 2 fully saturated rings. The molecule has 0 atom stereocenters. The van der Waals surface area contributed by atoms with Gasteiger partial charge in [0.25, 0.3) is 0 Å². The van der Waals surface area contributed by atoms with E-state index in [0.29, 0.717) is 12.0 Å². The van der Waals surface area contributed by atoms with Crippen molar-refractivity contribution in [1.82, 2.24) is 0 Å². The molecule has 0 heterocycles. The Morgan fingerprint density at radius 1 is 0.962 bits per heavy atom. The van der Waals surface area contributed by atoms with Crippen LogP contribution in [-0.2, 0) is 4.74 Å². The van der Waals surface area contributed by atoms with Crippen molar-refractivity contribution in [3.05, 3.63) is 47.5 Å². The van der Waals surface area contributed by atoms with Gasteiger partial charge in [0, 0.05) is 12.2 Å². The zero-order chi connectivity index (χ0) is 18.2. The molecular formula is C25H34O. The summed E-state index contributed by atoms with van der Waals surface area (Å²) in [5, 5.41) is 0. The van der Waals surface area contributed by atoms with Crippen LogP contribution in [0.15, 0.2) is 36.4 Å². The summed E-state index contributed by atoms with van der Waals surface area (Å²) in [7, 11) is 0. The highest BCUT2D eigenvalue weighted by Crippen LogP contribution is 2.34. The van der Waals surface area contributed by atoms with Gasteiger partial charge >= 0.3 is 0 Å². The average Bonchev–Trinajstić information content (AvgIpc) is 2.68. The minimum Gasteiger partial charge on any atom is -0.379 e. The largest absolute Gasteiger partial charge is 0.379 e. The van der Waals surface area contributed by atoms with Gasteiger partial charge in [0.2, 0.25) is 0 Å². The molecule has 2 aliphatic carbocycles. The van der Waals surface area contributed by atoms with Crippen molar-refractivity contribution < 1.29 is 4.74 Å². The zero-order valence-electron chi connectivity index (χ0n) is 16.5. The molecule has 0 aromatic heterocycles. The quantitative estimate of drug-likeness (QED) is 0.564. The third-order valence-electron chi connectivity index (χ3n) is 6.19. The van der Waals surface area contributed by atoms with Gasteiger partial charge in [-0.05, 0) is 87.0 Å². The molecule has 1 aromatic rings. The maximum atomic E-state index is 5.77. The van der Waals surface area contributed by atoms with Gasteiger partial charge in [-0.2, -0.15) is 0 Å². The van der Waals surface area contributed by atoms with E-state index < -0.39 is 0 Å². The van der Waals surface area contributed by atoms with Crippen molar-refractivity contribution in [2.24, 2.45) is 11.8 Å². The summed E-state index contributed by atoms with van der Waals surface area (Å²) in [4.78, 5) is 0. The summed E-state index contributed by atoms with van der Waals surface area (Å²) in [6.45, 7) is 5.31. The van der Waals surface area contributed by atoms with Crippen LogP contribution < -0.4 is 0 Å². The number of benzene rings is 1. The number of allylic oxidation sites excluding steroid dienone is 2. The van der Waals surface area contributed by atoms with E-state index >= 15 is 0 Å². The topological polar surface area (TPSA) is 9.23 Å². The number of hydrogen-bond acceptors (Lipinski definition) is 1. The minimum atomic E-state index is 0.487. The average molecular weight is 351 g/mol. The van der Waals surface area contributed by atoms with Crippen LogP contribution in [-0.4, -0.2) is 12.7 Å². The van der Waals surface area contributed by atoms with E-state index in [1.54, 1.807) is 0 Å². The summed E-state index contributed by atoms with van der Waals surface area (Å²) < 4.78 is 5.77. The monoisotopic (exact) mass is 350 g/mol. The molecule has 0 aliphatic heterocycles. The van der Waals surface area contributed by atoms with E-state index in [1.165, 1.54) is 56.9 Å². The molecule has 1 aromatic carbocycles. The molecule has 26 heavy (non-hydrogen) atoms. The van der Waals surface area contributed by atoms with Crippen LogP contribution in [0.4, 0.5) is 0 Å². The maximum absolute atomic E-state index is 5.77. The summed E-state index contributed by atoms with van der Waals surface area (Å²) >= 11 is 0. The molecule has 1 heteroatoms. The molecule has 0 bridgehead atoms. The predicted octanol–water partition coefficient (Wildman–Crippen LogP) is 6.48. The molecule has 1 nitrogen and oxygen atoms in total. The lowest BCUT2D eigenvalue weighted by Crippen LogP contribution is -2.20. The van der Waals surface area contributed by atoms with Crippen LogP contribution in [0.3, 0.4) is 0 Å². The third-order valence-corrected chi connectivity index (χ3v) is 6.19.